The average molecular weight is 316 g/mol. The highest BCUT2D eigenvalue weighted by atomic mass is 35.5. The lowest BCUT2D eigenvalue weighted by Crippen LogP contribution is -2.44. The van der Waals surface area contributed by atoms with Gasteiger partial charge in [0.2, 0.25) is 0 Å². The van der Waals surface area contributed by atoms with E-state index in [0.717, 1.165) is 6.07 Å². The molecule has 1 saturated heterocycles. The second-order valence-electron chi connectivity index (χ2n) is 4.88. The molecule has 0 bridgehead atoms. The Morgan fingerprint density at radius 3 is 2.90 bits per heavy atom. The predicted molar refractivity (Wildman–Crippen MR) is 73.8 cm³/mol. The van der Waals surface area contributed by atoms with Crippen LogP contribution in [-0.4, -0.2) is 41.6 Å². The number of halogens is 2. The summed E-state index contributed by atoms with van der Waals surface area (Å²) in [5, 5.41) is 8.90. The molecule has 21 heavy (non-hydrogen) atoms. The number of hydrogen-bond donors (Lipinski definition) is 1. The summed E-state index contributed by atoms with van der Waals surface area (Å²) >= 11 is 5.62. The molecule has 114 valence electrons. The molecule has 1 aliphatic rings. The zero-order valence-electron chi connectivity index (χ0n) is 11.2. The molecular weight excluding hydrogens is 301 g/mol. The highest BCUT2D eigenvalue weighted by molar-refractivity contribution is 6.30. The zero-order chi connectivity index (χ0) is 15.4. The molecule has 0 radical (unpaired) electrons. The van der Waals surface area contributed by atoms with Crippen LogP contribution in [0.5, 0.6) is 5.75 Å². The second kappa shape index (κ2) is 6.76. The molecule has 1 atom stereocenters. The first kappa shape index (κ1) is 15.6. The van der Waals surface area contributed by atoms with E-state index in [-0.39, 0.29) is 24.1 Å². The van der Waals surface area contributed by atoms with E-state index in [2.05, 4.69) is 0 Å². The maximum atomic E-state index is 13.0. The molecule has 1 aromatic carbocycles. The summed E-state index contributed by atoms with van der Waals surface area (Å²) < 4.78 is 18.3. The summed E-state index contributed by atoms with van der Waals surface area (Å²) in [7, 11) is 0. The van der Waals surface area contributed by atoms with Gasteiger partial charge in [-0.2, -0.15) is 0 Å². The summed E-state index contributed by atoms with van der Waals surface area (Å²) in [6, 6.07) is 3.83. The van der Waals surface area contributed by atoms with Crippen molar-refractivity contribution < 1.29 is 23.8 Å². The van der Waals surface area contributed by atoms with Crippen LogP contribution in [0.4, 0.5) is 4.39 Å². The number of amides is 1. The number of carboxylic acid groups (broad SMARTS) is 1. The Morgan fingerprint density at radius 1 is 1.48 bits per heavy atom. The van der Waals surface area contributed by atoms with Crippen molar-refractivity contribution in [3.05, 3.63) is 29.0 Å². The maximum absolute atomic E-state index is 13.0. The van der Waals surface area contributed by atoms with Crippen molar-refractivity contribution in [2.24, 2.45) is 5.92 Å². The van der Waals surface area contributed by atoms with Gasteiger partial charge in [0.15, 0.2) is 6.61 Å². The van der Waals surface area contributed by atoms with E-state index in [1.165, 1.54) is 17.0 Å². The van der Waals surface area contributed by atoms with Crippen LogP contribution < -0.4 is 4.74 Å². The quantitative estimate of drug-likeness (QED) is 0.925. The van der Waals surface area contributed by atoms with E-state index in [1.54, 1.807) is 0 Å². The van der Waals surface area contributed by atoms with Crippen molar-refractivity contribution >= 4 is 23.5 Å². The molecule has 0 saturated carbocycles. The number of likely N-dealkylation sites (tertiary alicyclic amines) is 1. The number of carboxylic acids is 1. The van der Waals surface area contributed by atoms with Gasteiger partial charge in [-0.15, -0.1) is 0 Å². The molecule has 0 aliphatic carbocycles. The third-order valence-corrected chi connectivity index (χ3v) is 3.67. The van der Waals surface area contributed by atoms with Gasteiger partial charge in [0.25, 0.3) is 5.91 Å². The fraction of sp³-hybridized carbons (Fsp3) is 0.429. The first-order chi connectivity index (χ1) is 9.97. The largest absolute Gasteiger partial charge is 0.484 e. The fourth-order valence-corrected chi connectivity index (χ4v) is 2.38. The van der Waals surface area contributed by atoms with Crippen LogP contribution in [0, 0.1) is 11.7 Å². The van der Waals surface area contributed by atoms with E-state index in [9.17, 15) is 14.0 Å². The highest BCUT2D eigenvalue weighted by Gasteiger charge is 2.28. The molecule has 1 N–H and O–H groups in total. The molecule has 7 heteroatoms. The number of nitrogens with zero attached hydrogens (tertiary/aromatic N) is 1. The number of ether oxygens (including phenoxy) is 1. The predicted octanol–water partition coefficient (Wildman–Crippen LogP) is 2.18. The smallest absolute Gasteiger partial charge is 0.308 e. The van der Waals surface area contributed by atoms with Gasteiger partial charge in [-0.1, -0.05) is 11.6 Å². The molecule has 1 aliphatic heterocycles. The Bertz CT molecular complexity index is 552. The van der Waals surface area contributed by atoms with E-state index in [1.807, 2.05) is 0 Å². The number of carbonyl (C=O) groups excluding carboxylic acids is 1. The molecule has 5 nitrogen and oxygen atoms in total. The van der Waals surface area contributed by atoms with Gasteiger partial charge >= 0.3 is 5.97 Å². The third kappa shape index (κ3) is 4.07. The summed E-state index contributed by atoms with van der Waals surface area (Å²) in [6.45, 7) is 0.492. The number of aliphatic carboxylic acids is 1. The minimum absolute atomic E-state index is 0.0798. The lowest BCUT2D eigenvalue weighted by Gasteiger charge is -2.30. The second-order valence-corrected chi connectivity index (χ2v) is 5.29. The molecule has 0 spiro atoms. The highest BCUT2D eigenvalue weighted by Crippen LogP contribution is 2.21. The Balaban J connectivity index is 1.89. The topological polar surface area (TPSA) is 66.8 Å². The Morgan fingerprint density at radius 2 is 2.24 bits per heavy atom. The molecule has 0 aromatic heterocycles. The zero-order valence-corrected chi connectivity index (χ0v) is 12.0. The lowest BCUT2D eigenvalue weighted by atomic mass is 9.98. The number of rotatable bonds is 4. The van der Waals surface area contributed by atoms with Gasteiger partial charge in [-0.05, 0) is 25.0 Å². The fourth-order valence-electron chi connectivity index (χ4n) is 2.21. The van der Waals surface area contributed by atoms with Crippen LogP contribution in [0.1, 0.15) is 12.8 Å². The van der Waals surface area contributed by atoms with Gasteiger partial charge in [0.1, 0.15) is 11.6 Å². The van der Waals surface area contributed by atoms with E-state index in [4.69, 9.17) is 21.4 Å². The molecule has 1 amide bonds. The number of piperidine rings is 1. The molecule has 1 fully saturated rings. The summed E-state index contributed by atoms with van der Waals surface area (Å²) in [6.07, 6.45) is 1.23. The van der Waals surface area contributed by atoms with E-state index >= 15 is 0 Å². The first-order valence-electron chi connectivity index (χ1n) is 6.56. The monoisotopic (exact) mass is 315 g/mol. The van der Waals surface area contributed by atoms with E-state index < -0.39 is 17.7 Å². The van der Waals surface area contributed by atoms with Crippen LogP contribution in [0.15, 0.2) is 18.2 Å². The van der Waals surface area contributed by atoms with Crippen LogP contribution in [0.3, 0.4) is 0 Å². The normalized spacial score (nSPS) is 18.4. The number of hydrogen-bond acceptors (Lipinski definition) is 3. The maximum Gasteiger partial charge on any atom is 0.308 e. The van der Waals surface area contributed by atoms with Crippen LogP contribution in [-0.2, 0) is 9.59 Å². The van der Waals surface area contributed by atoms with Crippen molar-refractivity contribution in [3.8, 4) is 5.75 Å². The first-order valence-corrected chi connectivity index (χ1v) is 6.93. The Hall–Kier alpha value is -1.82. The van der Waals surface area contributed by atoms with Gasteiger partial charge < -0.3 is 14.7 Å². The Labute approximate surface area is 126 Å². The van der Waals surface area contributed by atoms with Crippen LogP contribution in [0.2, 0.25) is 5.02 Å². The summed E-state index contributed by atoms with van der Waals surface area (Å²) in [4.78, 5) is 24.4. The van der Waals surface area contributed by atoms with E-state index in [0.29, 0.717) is 25.1 Å². The van der Waals surface area contributed by atoms with Gasteiger partial charge in [-0.3, -0.25) is 9.59 Å². The third-order valence-electron chi connectivity index (χ3n) is 3.38. The molecular formula is C14H15ClFNO4. The van der Waals surface area contributed by atoms with Gasteiger partial charge in [0, 0.05) is 19.2 Å². The minimum atomic E-state index is -0.890. The number of carbonyl (C=O) groups is 2. The Kier molecular flexibility index (Phi) is 5.01. The molecule has 1 heterocycles. The van der Waals surface area contributed by atoms with Gasteiger partial charge in [-0.25, -0.2) is 4.39 Å². The summed E-state index contributed by atoms with van der Waals surface area (Å²) in [5.74, 6) is -1.97. The summed E-state index contributed by atoms with van der Waals surface area (Å²) in [5.41, 5.74) is 0. The average Bonchev–Trinajstić information content (AvgIpc) is 2.48. The van der Waals surface area contributed by atoms with Crippen LogP contribution in [0.25, 0.3) is 0 Å². The molecule has 1 aromatic rings. The standard InChI is InChI=1S/C14H15ClFNO4/c15-11-6-10(3-4-12(11)16)21-8-13(18)17-5-1-2-9(7-17)14(19)20/h3-4,6,9H,1-2,5,7-8H2,(H,19,20)/t9-/m1/s1. The van der Waals surface area contributed by atoms with Crippen molar-refractivity contribution in [3.63, 3.8) is 0 Å². The van der Waals surface area contributed by atoms with Crippen molar-refractivity contribution in [1.82, 2.24) is 4.90 Å². The van der Waals surface area contributed by atoms with Crippen LogP contribution >= 0.6 is 11.6 Å². The number of benzene rings is 1. The SMILES string of the molecule is O=C(O)[C@@H]1CCCN(C(=O)COc2ccc(F)c(Cl)c2)C1. The van der Waals surface area contributed by atoms with Crippen molar-refractivity contribution in [2.75, 3.05) is 19.7 Å². The molecule has 0 unspecified atom stereocenters. The molecule has 2 rings (SSSR count). The van der Waals surface area contributed by atoms with Crippen molar-refractivity contribution in [2.45, 2.75) is 12.8 Å². The van der Waals surface area contributed by atoms with Crippen molar-refractivity contribution in [1.29, 1.82) is 0 Å². The lowest BCUT2D eigenvalue weighted by molar-refractivity contribution is -0.146. The minimum Gasteiger partial charge on any atom is -0.484 e. The van der Waals surface area contributed by atoms with Gasteiger partial charge in [0.05, 0.1) is 10.9 Å².